The van der Waals surface area contributed by atoms with Gasteiger partial charge < -0.3 is 14.8 Å². The summed E-state index contributed by atoms with van der Waals surface area (Å²) in [6, 6.07) is 8.73. The zero-order chi connectivity index (χ0) is 20.7. The maximum absolute atomic E-state index is 12.1. The second-order valence-corrected chi connectivity index (χ2v) is 8.40. The molecule has 0 saturated carbocycles. The number of methoxy groups -OCH3 is 1. The first-order chi connectivity index (χ1) is 13.2. The van der Waals surface area contributed by atoms with E-state index >= 15 is 0 Å². The minimum Gasteiger partial charge on any atom is -0.482 e. The van der Waals surface area contributed by atoms with Gasteiger partial charge in [-0.25, -0.2) is 13.1 Å². The highest BCUT2D eigenvalue weighted by molar-refractivity contribution is 7.89. The van der Waals surface area contributed by atoms with E-state index in [-0.39, 0.29) is 51.2 Å². The molecule has 0 aliphatic heterocycles. The van der Waals surface area contributed by atoms with Gasteiger partial charge in [0.05, 0.1) is 32.3 Å². The molecule has 152 valence electrons. The summed E-state index contributed by atoms with van der Waals surface area (Å²) in [6.45, 7) is -0.0162. The Labute approximate surface area is 177 Å². The Morgan fingerprint density at radius 3 is 2.36 bits per heavy atom. The van der Waals surface area contributed by atoms with E-state index in [1.807, 2.05) is 0 Å². The predicted molar refractivity (Wildman–Crippen MR) is 109 cm³/mol. The Hall–Kier alpha value is -1.55. The summed E-state index contributed by atoms with van der Waals surface area (Å²) >= 11 is 18.1. The van der Waals surface area contributed by atoms with Crippen LogP contribution in [0.1, 0.15) is 0 Å². The molecule has 2 rings (SSSR count). The average Bonchev–Trinajstić information content (AvgIpc) is 2.64. The van der Waals surface area contributed by atoms with Crippen molar-refractivity contribution in [2.45, 2.75) is 4.90 Å². The van der Waals surface area contributed by atoms with Crippen molar-refractivity contribution in [1.82, 2.24) is 4.72 Å². The van der Waals surface area contributed by atoms with Gasteiger partial charge in [-0.05, 0) is 30.3 Å². The molecule has 0 atom stereocenters. The monoisotopic (exact) mass is 466 g/mol. The fourth-order valence-corrected chi connectivity index (χ4v) is 3.89. The largest absolute Gasteiger partial charge is 0.482 e. The Morgan fingerprint density at radius 1 is 1.07 bits per heavy atom. The molecule has 0 spiro atoms. The van der Waals surface area contributed by atoms with Gasteiger partial charge in [-0.1, -0.05) is 40.9 Å². The molecule has 0 aliphatic carbocycles. The summed E-state index contributed by atoms with van der Waals surface area (Å²) in [6.07, 6.45) is 0. The molecule has 0 saturated heterocycles. The molecule has 0 bridgehead atoms. The maximum atomic E-state index is 12.1. The van der Waals surface area contributed by atoms with Crippen molar-refractivity contribution in [2.24, 2.45) is 0 Å². The number of nitrogens with one attached hydrogen (secondary N) is 2. The van der Waals surface area contributed by atoms with Crippen molar-refractivity contribution in [3.8, 4) is 5.75 Å². The molecule has 2 N–H and O–H groups in total. The van der Waals surface area contributed by atoms with Crippen molar-refractivity contribution in [3.63, 3.8) is 0 Å². The molecule has 0 fully saturated rings. The minimum absolute atomic E-state index is 0.0340. The highest BCUT2D eigenvalue weighted by Crippen LogP contribution is 2.30. The van der Waals surface area contributed by atoms with Crippen molar-refractivity contribution >= 4 is 56.4 Å². The number of anilines is 1. The van der Waals surface area contributed by atoms with E-state index < -0.39 is 15.9 Å². The number of sulfonamides is 1. The van der Waals surface area contributed by atoms with Gasteiger partial charge in [0, 0.05) is 13.7 Å². The fourth-order valence-electron chi connectivity index (χ4n) is 2.06. The summed E-state index contributed by atoms with van der Waals surface area (Å²) in [5.41, 5.74) is 0.272. The maximum Gasteiger partial charge on any atom is 0.262 e. The number of rotatable bonds is 9. The third-order valence-corrected chi connectivity index (χ3v) is 5.78. The van der Waals surface area contributed by atoms with Gasteiger partial charge in [0.15, 0.2) is 6.61 Å². The molecular formula is C17H17Cl3N2O5S. The first-order valence-corrected chi connectivity index (χ1v) is 10.5. The normalized spacial score (nSPS) is 11.3. The summed E-state index contributed by atoms with van der Waals surface area (Å²) in [4.78, 5) is 12.0. The van der Waals surface area contributed by atoms with Crippen LogP contribution in [0, 0.1) is 0 Å². The van der Waals surface area contributed by atoms with E-state index in [1.165, 1.54) is 25.3 Å². The van der Waals surface area contributed by atoms with Gasteiger partial charge in [0.1, 0.15) is 5.75 Å². The van der Waals surface area contributed by atoms with Gasteiger partial charge in [-0.2, -0.15) is 0 Å². The number of amides is 1. The van der Waals surface area contributed by atoms with Crippen molar-refractivity contribution in [2.75, 3.05) is 32.2 Å². The lowest BCUT2D eigenvalue weighted by atomic mass is 10.3. The number of hydrogen-bond donors (Lipinski definition) is 2. The van der Waals surface area contributed by atoms with Crippen molar-refractivity contribution in [1.29, 1.82) is 0 Å². The third kappa shape index (κ3) is 6.23. The van der Waals surface area contributed by atoms with E-state index in [2.05, 4.69) is 10.0 Å². The molecule has 2 aromatic rings. The molecule has 2 aromatic carbocycles. The van der Waals surface area contributed by atoms with E-state index in [0.717, 1.165) is 0 Å². The lowest BCUT2D eigenvalue weighted by Gasteiger charge is -2.12. The quantitative estimate of drug-likeness (QED) is 0.550. The van der Waals surface area contributed by atoms with Gasteiger partial charge in [0.25, 0.3) is 5.91 Å². The van der Waals surface area contributed by atoms with E-state index in [9.17, 15) is 13.2 Å². The molecule has 11 heteroatoms. The average molecular weight is 468 g/mol. The van der Waals surface area contributed by atoms with E-state index in [1.54, 1.807) is 18.2 Å². The SMILES string of the molecule is COCCNS(=O)(=O)c1ccc(OCC(=O)Nc2c(Cl)cccc2Cl)c(Cl)c1. The lowest BCUT2D eigenvalue weighted by Crippen LogP contribution is -2.27. The molecule has 0 heterocycles. The molecule has 0 unspecified atom stereocenters. The second-order valence-electron chi connectivity index (χ2n) is 5.42. The minimum atomic E-state index is -3.73. The molecule has 0 aliphatic rings. The topological polar surface area (TPSA) is 93.7 Å². The van der Waals surface area contributed by atoms with Gasteiger partial charge in [-0.15, -0.1) is 0 Å². The summed E-state index contributed by atoms with van der Waals surface area (Å²) in [7, 11) is -2.27. The van der Waals surface area contributed by atoms with E-state index in [0.29, 0.717) is 0 Å². The first-order valence-electron chi connectivity index (χ1n) is 7.89. The van der Waals surface area contributed by atoms with Crippen LogP contribution >= 0.6 is 34.8 Å². The van der Waals surface area contributed by atoms with E-state index in [4.69, 9.17) is 44.3 Å². The number of carbonyl (C=O) groups excluding carboxylic acids is 1. The molecule has 0 radical (unpaired) electrons. The molecule has 28 heavy (non-hydrogen) atoms. The summed E-state index contributed by atoms with van der Waals surface area (Å²) < 4.78 is 36.8. The fraction of sp³-hybridized carbons (Fsp3) is 0.235. The second kappa shape index (κ2) is 10.3. The van der Waals surface area contributed by atoms with Crippen LogP contribution in [0.2, 0.25) is 15.1 Å². The van der Waals surface area contributed by atoms with Crippen LogP contribution in [0.15, 0.2) is 41.3 Å². The Kier molecular flexibility index (Phi) is 8.36. The molecule has 0 aromatic heterocycles. The smallest absolute Gasteiger partial charge is 0.262 e. The Morgan fingerprint density at radius 2 is 1.75 bits per heavy atom. The highest BCUT2D eigenvalue weighted by Gasteiger charge is 2.16. The molecule has 1 amide bonds. The number of hydrogen-bond acceptors (Lipinski definition) is 5. The number of benzene rings is 2. The standard InChI is InChI=1S/C17H17Cl3N2O5S/c1-26-8-7-21-28(24,25)11-5-6-15(14(20)9-11)27-10-16(23)22-17-12(18)3-2-4-13(17)19/h2-6,9,21H,7-8,10H2,1H3,(H,22,23). The van der Waals surface area contributed by atoms with Crippen LogP contribution in [0.5, 0.6) is 5.75 Å². The highest BCUT2D eigenvalue weighted by atomic mass is 35.5. The zero-order valence-electron chi connectivity index (χ0n) is 14.7. The third-order valence-electron chi connectivity index (χ3n) is 3.40. The first kappa shape index (κ1) is 22.7. The van der Waals surface area contributed by atoms with Gasteiger partial charge >= 0.3 is 0 Å². The van der Waals surface area contributed by atoms with Crippen LogP contribution in [-0.4, -0.2) is 41.2 Å². The number of halogens is 3. The van der Waals surface area contributed by atoms with Crippen LogP contribution in [0.3, 0.4) is 0 Å². The van der Waals surface area contributed by atoms with Crippen LogP contribution in [0.25, 0.3) is 0 Å². The number of carbonyl (C=O) groups is 1. The van der Waals surface area contributed by atoms with Crippen molar-refractivity contribution < 1.29 is 22.7 Å². The zero-order valence-corrected chi connectivity index (χ0v) is 17.8. The number of ether oxygens (including phenoxy) is 2. The van der Waals surface area contributed by atoms with Gasteiger partial charge in [0.2, 0.25) is 10.0 Å². The number of para-hydroxylation sites is 1. The molecule has 7 nitrogen and oxygen atoms in total. The van der Waals surface area contributed by atoms with Crippen LogP contribution < -0.4 is 14.8 Å². The summed E-state index contributed by atoms with van der Waals surface area (Å²) in [5, 5.41) is 3.16. The van der Waals surface area contributed by atoms with Crippen LogP contribution in [0.4, 0.5) is 5.69 Å². The van der Waals surface area contributed by atoms with Gasteiger partial charge in [-0.3, -0.25) is 4.79 Å². The summed E-state index contributed by atoms with van der Waals surface area (Å²) in [5.74, 6) is -0.359. The Bertz CT molecular complexity index is 934. The van der Waals surface area contributed by atoms with Crippen LogP contribution in [-0.2, 0) is 19.6 Å². The molecular weight excluding hydrogens is 451 g/mol. The Balaban J connectivity index is 2.00. The predicted octanol–water partition coefficient (Wildman–Crippen LogP) is 3.59. The lowest BCUT2D eigenvalue weighted by molar-refractivity contribution is -0.118. The van der Waals surface area contributed by atoms with Crippen molar-refractivity contribution in [3.05, 3.63) is 51.5 Å².